The summed E-state index contributed by atoms with van der Waals surface area (Å²) in [7, 11) is -9.88. The Hall–Kier alpha value is -1.94. The van der Waals surface area contributed by atoms with Crippen molar-refractivity contribution in [3.05, 3.63) is 0 Å². The molecule has 0 bridgehead atoms. The second kappa shape index (κ2) is 51.5. The van der Waals surface area contributed by atoms with Gasteiger partial charge in [-0.25, -0.2) is 9.13 Å². The summed E-state index contributed by atoms with van der Waals surface area (Å²) in [4.78, 5) is 72.0. The van der Waals surface area contributed by atoms with Crippen molar-refractivity contribution >= 4 is 39.5 Å². The fourth-order valence-corrected chi connectivity index (χ4v) is 10.4. The van der Waals surface area contributed by atoms with Gasteiger partial charge < -0.3 is 33.8 Å². The zero-order valence-electron chi connectivity index (χ0n) is 51.7. The smallest absolute Gasteiger partial charge is 0.462 e. The van der Waals surface area contributed by atoms with Gasteiger partial charge in [-0.1, -0.05) is 235 Å². The molecule has 80 heavy (non-hydrogen) atoms. The first-order valence-corrected chi connectivity index (χ1v) is 34.8. The molecule has 7 atom stereocenters. The van der Waals surface area contributed by atoms with Crippen molar-refractivity contribution < 1.29 is 80.2 Å². The molecule has 0 aliphatic carbocycles. The van der Waals surface area contributed by atoms with Crippen LogP contribution in [0.1, 0.15) is 287 Å². The zero-order chi connectivity index (χ0) is 59.7. The van der Waals surface area contributed by atoms with Crippen LogP contribution in [-0.2, 0) is 65.4 Å². The monoisotopic (exact) mass is 1180 g/mol. The summed E-state index contributed by atoms with van der Waals surface area (Å²) in [6.07, 6.45) is 29.6. The number of phosphoric ester groups is 2. The second-order valence-electron chi connectivity index (χ2n) is 23.5. The van der Waals surface area contributed by atoms with Gasteiger partial charge in [-0.15, -0.1) is 0 Å². The van der Waals surface area contributed by atoms with Crippen molar-refractivity contribution in [3.8, 4) is 0 Å². The third-order valence-corrected chi connectivity index (χ3v) is 16.4. The first-order valence-electron chi connectivity index (χ1n) is 31.8. The molecule has 0 aromatic heterocycles. The molecule has 3 N–H and O–H groups in total. The minimum atomic E-state index is -4.94. The van der Waals surface area contributed by atoms with Crippen LogP contribution in [0, 0.1) is 23.7 Å². The molecule has 0 aromatic rings. The van der Waals surface area contributed by atoms with Gasteiger partial charge in [-0.3, -0.25) is 37.3 Å². The number of hydrogen-bond acceptors (Lipinski definition) is 15. The summed E-state index contributed by atoms with van der Waals surface area (Å²) in [6, 6.07) is 0. The van der Waals surface area contributed by atoms with E-state index >= 15 is 0 Å². The molecule has 0 amide bonds. The average molecular weight is 1190 g/mol. The van der Waals surface area contributed by atoms with Crippen molar-refractivity contribution in [2.24, 2.45) is 23.7 Å². The summed E-state index contributed by atoms with van der Waals surface area (Å²) >= 11 is 0. The average Bonchev–Trinajstić information content (AvgIpc) is 3.41. The quantitative estimate of drug-likeness (QED) is 0.0222. The van der Waals surface area contributed by atoms with E-state index in [1.165, 1.54) is 77.0 Å². The molecule has 0 saturated carbocycles. The Labute approximate surface area is 486 Å². The van der Waals surface area contributed by atoms with Gasteiger partial charge in [-0.05, 0) is 49.4 Å². The van der Waals surface area contributed by atoms with Gasteiger partial charge in [0.15, 0.2) is 12.2 Å². The summed E-state index contributed by atoms with van der Waals surface area (Å²) in [5.41, 5.74) is 0. The third kappa shape index (κ3) is 52.8. The van der Waals surface area contributed by atoms with Crippen LogP contribution in [0.25, 0.3) is 0 Å². The normalized spacial score (nSPS) is 15.2. The summed E-state index contributed by atoms with van der Waals surface area (Å²) in [6.45, 7) is 13.8. The van der Waals surface area contributed by atoms with Gasteiger partial charge in [0.1, 0.15) is 19.3 Å². The molecule has 474 valence electrons. The molecule has 4 unspecified atom stereocenters. The van der Waals surface area contributed by atoms with Crippen LogP contribution >= 0.6 is 15.6 Å². The Balaban J connectivity index is 5.26. The van der Waals surface area contributed by atoms with E-state index in [2.05, 4.69) is 55.4 Å². The first kappa shape index (κ1) is 78.1. The highest BCUT2D eigenvalue weighted by atomic mass is 31.2. The Morgan fingerprint density at radius 3 is 0.887 bits per heavy atom. The molecule has 0 saturated heterocycles. The maximum atomic E-state index is 12.9. The van der Waals surface area contributed by atoms with Crippen LogP contribution < -0.4 is 0 Å². The minimum absolute atomic E-state index is 0.101. The van der Waals surface area contributed by atoms with Crippen molar-refractivity contribution in [3.63, 3.8) is 0 Å². The molecule has 19 heteroatoms. The van der Waals surface area contributed by atoms with E-state index < -0.39 is 97.5 Å². The molecular weight excluding hydrogens is 1070 g/mol. The molecule has 0 aliphatic rings. The molecular formula is C61H118O17P2. The van der Waals surface area contributed by atoms with E-state index in [4.69, 9.17) is 37.0 Å². The maximum absolute atomic E-state index is 12.9. The van der Waals surface area contributed by atoms with Gasteiger partial charge in [0.2, 0.25) is 0 Å². The predicted molar refractivity (Wildman–Crippen MR) is 317 cm³/mol. The van der Waals surface area contributed by atoms with Crippen LogP contribution in [-0.4, -0.2) is 96.7 Å². The van der Waals surface area contributed by atoms with Crippen molar-refractivity contribution in [2.75, 3.05) is 39.6 Å². The number of aliphatic hydroxyl groups excluding tert-OH is 1. The SMILES string of the molecule is CCC(C)CCCCCCCCC(=O)OC[C@H](COP(=O)(O)OC[C@@H](O)COP(=O)(O)OC[C@@H](COC(=O)CCCCCCCCC(C)C)OC(=O)CCCCCCCCC(C)CC)OC(=O)CCCCCCCCCCC(C)C. The lowest BCUT2D eigenvalue weighted by molar-refractivity contribution is -0.161. The van der Waals surface area contributed by atoms with Crippen LogP contribution in [0.15, 0.2) is 0 Å². The number of ether oxygens (including phenoxy) is 4. The molecule has 0 fully saturated rings. The van der Waals surface area contributed by atoms with E-state index in [9.17, 15) is 43.2 Å². The van der Waals surface area contributed by atoms with E-state index in [1.807, 2.05) is 0 Å². The first-order chi connectivity index (χ1) is 38.2. The number of hydrogen-bond donors (Lipinski definition) is 3. The zero-order valence-corrected chi connectivity index (χ0v) is 53.5. The molecule has 0 spiro atoms. The van der Waals surface area contributed by atoms with E-state index in [-0.39, 0.29) is 25.7 Å². The van der Waals surface area contributed by atoms with Gasteiger partial charge in [0, 0.05) is 25.7 Å². The number of esters is 4. The van der Waals surface area contributed by atoms with Crippen LogP contribution in [0.3, 0.4) is 0 Å². The van der Waals surface area contributed by atoms with Gasteiger partial charge in [-0.2, -0.15) is 0 Å². The van der Waals surface area contributed by atoms with Gasteiger partial charge >= 0.3 is 39.5 Å². The van der Waals surface area contributed by atoms with E-state index in [1.54, 1.807) is 0 Å². The lowest BCUT2D eigenvalue weighted by Gasteiger charge is -2.21. The number of aliphatic hydroxyl groups is 1. The predicted octanol–water partition coefficient (Wildman–Crippen LogP) is 16.2. The van der Waals surface area contributed by atoms with Crippen molar-refractivity contribution in [2.45, 2.75) is 305 Å². The fraction of sp³-hybridized carbons (Fsp3) is 0.934. The lowest BCUT2D eigenvalue weighted by atomic mass is 10.00. The Kier molecular flexibility index (Phi) is 50.2. The summed E-state index contributed by atoms with van der Waals surface area (Å²) < 4.78 is 67.8. The molecule has 17 nitrogen and oxygen atoms in total. The van der Waals surface area contributed by atoms with Crippen LogP contribution in [0.4, 0.5) is 0 Å². The van der Waals surface area contributed by atoms with Crippen LogP contribution in [0.5, 0.6) is 0 Å². The number of carbonyl (C=O) groups is 4. The summed E-state index contributed by atoms with van der Waals surface area (Å²) in [5.74, 6) is 0.700. The lowest BCUT2D eigenvalue weighted by Crippen LogP contribution is -2.30. The highest BCUT2D eigenvalue weighted by molar-refractivity contribution is 7.47. The maximum Gasteiger partial charge on any atom is 0.472 e. The standard InChI is InChI=1S/C61H118O17P2/c1-9-53(7)39-31-23-16-19-26-34-42-59(64)72-47-56(77-60(65)43-35-27-14-12-11-13-21-29-37-51(3)4)49-75-79(67,68)73-45-55(62)46-74-80(69,70)76-50-57(48-71-58(63)41-33-25-18-15-22-30-38-52(5)6)78-61(66)44-36-28-20-17-24-32-40-54(8)10-2/h51-57,62H,9-50H2,1-8H3,(H,67,68)(H,69,70)/t53?,54?,55-,56-,57-/m1/s1. The fourth-order valence-electron chi connectivity index (χ4n) is 8.83. The molecule has 0 aliphatic heterocycles. The van der Waals surface area contributed by atoms with E-state index in [0.29, 0.717) is 31.6 Å². The van der Waals surface area contributed by atoms with Crippen molar-refractivity contribution in [1.82, 2.24) is 0 Å². The Bertz CT molecular complexity index is 1610. The number of rotatable bonds is 58. The largest absolute Gasteiger partial charge is 0.472 e. The van der Waals surface area contributed by atoms with E-state index in [0.717, 1.165) is 120 Å². The molecule has 0 aromatic carbocycles. The second-order valence-corrected chi connectivity index (χ2v) is 26.4. The molecule has 0 rings (SSSR count). The molecule has 0 radical (unpaired) electrons. The Morgan fingerprint density at radius 1 is 0.350 bits per heavy atom. The van der Waals surface area contributed by atoms with Gasteiger partial charge in [0.05, 0.1) is 26.4 Å². The van der Waals surface area contributed by atoms with Crippen LogP contribution in [0.2, 0.25) is 0 Å². The number of phosphoric acid groups is 2. The highest BCUT2D eigenvalue weighted by Gasteiger charge is 2.30. The third-order valence-electron chi connectivity index (χ3n) is 14.5. The number of carbonyl (C=O) groups excluding carboxylic acids is 4. The Morgan fingerprint density at radius 2 is 0.600 bits per heavy atom. The van der Waals surface area contributed by atoms with Crippen molar-refractivity contribution in [1.29, 1.82) is 0 Å². The minimum Gasteiger partial charge on any atom is -0.462 e. The van der Waals surface area contributed by atoms with Gasteiger partial charge in [0.25, 0.3) is 0 Å². The number of unbranched alkanes of at least 4 members (excludes halogenated alkanes) is 22. The highest BCUT2D eigenvalue weighted by Crippen LogP contribution is 2.45. The summed E-state index contributed by atoms with van der Waals surface area (Å²) in [5, 5.41) is 10.5. The topological polar surface area (TPSA) is 237 Å². The molecule has 0 heterocycles.